The van der Waals surface area contributed by atoms with Crippen LogP contribution in [0.2, 0.25) is 10.0 Å². The number of nitrogens with zero attached hydrogens (tertiary/aromatic N) is 2. The van der Waals surface area contributed by atoms with E-state index in [-0.39, 0.29) is 0 Å². The van der Waals surface area contributed by atoms with E-state index < -0.39 is 12.0 Å². The molecule has 0 spiro atoms. The number of aromatic amines is 1. The molecule has 1 atom stereocenters. The maximum absolute atomic E-state index is 12.1. The van der Waals surface area contributed by atoms with Crippen LogP contribution in [0.15, 0.2) is 48.7 Å². The van der Waals surface area contributed by atoms with Crippen molar-refractivity contribution in [2.75, 3.05) is 39.3 Å². The van der Waals surface area contributed by atoms with Gasteiger partial charge in [0.05, 0.1) is 0 Å². The molecule has 1 aliphatic rings. The summed E-state index contributed by atoms with van der Waals surface area (Å²) in [6.07, 6.45) is 1.78. The van der Waals surface area contributed by atoms with Crippen molar-refractivity contribution < 1.29 is 14.6 Å². The van der Waals surface area contributed by atoms with E-state index in [9.17, 15) is 9.90 Å². The number of hydrogen-bond donors (Lipinski definition) is 2. The number of benzene rings is 2. The Kier molecular flexibility index (Phi) is 6.49. The minimum atomic E-state index is -0.842. The minimum absolute atomic E-state index is 0.577. The van der Waals surface area contributed by atoms with Crippen LogP contribution in [0.25, 0.3) is 10.9 Å². The van der Waals surface area contributed by atoms with E-state index in [1.165, 1.54) is 0 Å². The Labute approximate surface area is 184 Å². The molecule has 0 bridgehead atoms. The number of piperazine rings is 1. The fraction of sp³-hybridized carbons (Fsp3) is 0.318. The lowest BCUT2D eigenvalue weighted by Gasteiger charge is -2.37. The third-order valence-corrected chi connectivity index (χ3v) is 5.95. The van der Waals surface area contributed by atoms with Crippen molar-refractivity contribution in [3.8, 4) is 5.75 Å². The van der Waals surface area contributed by atoms with Gasteiger partial charge in [0.25, 0.3) is 0 Å². The third-order valence-electron chi connectivity index (χ3n) is 5.47. The van der Waals surface area contributed by atoms with Crippen molar-refractivity contribution in [1.29, 1.82) is 0 Å². The van der Waals surface area contributed by atoms with Crippen LogP contribution in [0.4, 0.5) is 0 Å². The average Bonchev–Trinajstić information content (AvgIpc) is 3.13. The fourth-order valence-electron chi connectivity index (χ4n) is 3.90. The summed E-state index contributed by atoms with van der Waals surface area (Å²) in [7, 11) is 0. The summed E-state index contributed by atoms with van der Waals surface area (Å²) in [5, 5.41) is 12.1. The van der Waals surface area contributed by atoms with Crippen molar-refractivity contribution in [2.45, 2.75) is 6.04 Å². The summed E-state index contributed by atoms with van der Waals surface area (Å²) in [6, 6.07) is 12.1. The number of hydrogen-bond acceptors (Lipinski definition) is 4. The molecule has 2 heterocycles. The summed E-state index contributed by atoms with van der Waals surface area (Å²) in [5.74, 6) is -0.0474. The summed E-state index contributed by atoms with van der Waals surface area (Å²) >= 11 is 11.9. The smallest absolute Gasteiger partial charge is 0.325 e. The predicted octanol–water partition coefficient (Wildman–Crippen LogP) is 4.30. The molecule has 3 aromatic rings. The number of aliphatic carboxylic acids is 1. The zero-order valence-corrected chi connectivity index (χ0v) is 17.9. The van der Waals surface area contributed by atoms with Gasteiger partial charge in [-0.2, -0.15) is 0 Å². The van der Waals surface area contributed by atoms with Crippen molar-refractivity contribution >= 4 is 40.1 Å². The Balaban J connectivity index is 1.35. The van der Waals surface area contributed by atoms with Crippen LogP contribution in [-0.2, 0) is 4.79 Å². The lowest BCUT2D eigenvalue weighted by Crippen LogP contribution is -2.50. The summed E-state index contributed by atoms with van der Waals surface area (Å²) in [5.41, 5.74) is 1.62. The zero-order valence-electron chi connectivity index (χ0n) is 16.4. The molecule has 0 saturated carbocycles. The molecule has 4 rings (SSSR count). The number of halogens is 2. The summed E-state index contributed by atoms with van der Waals surface area (Å²) in [6.45, 7) is 4.31. The lowest BCUT2D eigenvalue weighted by molar-refractivity contribution is -0.144. The Morgan fingerprint density at radius 1 is 1.07 bits per heavy atom. The van der Waals surface area contributed by atoms with Gasteiger partial charge >= 0.3 is 5.97 Å². The largest absolute Gasteiger partial charge is 0.492 e. The monoisotopic (exact) mass is 447 g/mol. The topological polar surface area (TPSA) is 68.8 Å². The second-order valence-electron chi connectivity index (χ2n) is 7.35. The Bertz CT molecular complexity index is 1010. The van der Waals surface area contributed by atoms with E-state index >= 15 is 0 Å². The van der Waals surface area contributed by atoms with Gasteiger partial charge in [-0.3, -0.25) is 14.6 Å². The van der Waals surface area contributed by atoms with Crippen LogP contribution >= 0.6 is 23.2 Å². The van der Waals surface area contributed by atoms with E-state index in [0.717, 1.165) is 41.9 Å². The molecule has 0 radical (unpaired) electrons. The van der Waals surface area contributed by atoms with Crippen molar-refractivity contribution in [3.63, 3.8) is 0 Å². The highest BCUT2D eigenvalue weighted by Gasteiger charge is 2.32. The third kappa shape index (κ3) is 4.73. The van der Waals surface area contributed by atoms with Gasteiger partial charge in [0, 0.05) is 65.4 Å². The first kappa shape index (κ1) is 21.0. The van der Waals surface area contributed by atoms with Crippen LogP contribution in [0, 0.1) is 0 Å². The van der Waals surface area contributed by atoms with Crippen molar-refractivity contribution in [2.24, 2.45) is 0 Å². The van der Waals surface area contributed by atoms with Crippen LogP contribution in [0.3, 0.4) is 0 Å². The normalized spacial score (nSPS) is 16.6. The molecule has 2 aromatic carbocycles. The molecule has 0 amide bonds. The van der Waals surface area contributed by atoms with E-state index in [1.807, 2.05) is 29.2 Å². The van der Waals surface area contributed by atoms with Crippen LogP contribution in [0.5, 0.6) is 5.75 Å². The first-order valence-electron chi connectivity index (χ1n) is 9.85. The van der Waals surface area contributed by atoms with Gasteiger partial charge in [0.15, 0.2) is 0 Å². The van der Waals surface area contributed by atoms with Crippen LogP contribution in [-0.4, -0.2) is 65.2 Å². The summed E-state index contributed by atoms with van der Waals surface area (Å²) < 4.78 is 5.77. The zero-order chi connectivity index (χ0) is 21.1. The molecular formula is C22H23Cl2N3O3. The van der Waals surface area contributed by atoms with E-state index in [2.05, 4.69) is 9.88 Å². The molecule has 158 valence electrons. The summed E-state index contributed by atoms with van der Waals surface area (Å²) in [4.78, 5) is 19.6. The van der Waals surface area contributed by atoms with Crippen LogP contribution in [0.1, 0.15) is 11.6 Å². The molecular weight excluding hydrogens is 425 g/mol. The maximum atomic E-state index is 12.1. The van der Waals surface area contributed by atoms with Gasteiger partial charge < -0.3 is 14.8 Å². The molecule has 0 aliphatic carbocycles. The van der Waals surface area contributed by atoms with E-state index in [4.69, 9.17) is 27.9 Å². The number of aromatic nitrogens is 1. The maximum Gasteiger partial charge on any atom is 0.325 e. The van der Waals surface area contributed by atoms with Gasteiger partial charge in [0.2, 0.25) is 0 Å². The number of carboxylic acids is 1. The molecule has 1 aliphatic heterocycles. The molecule has 1 fully saturated rings. The lowest BCUT2D eigenvalue weighted by atomic mass is 10.0. The van der Waals surface area contributed by atoms with Crippen molar-refractivity contribution in [3.05, 3.63) is 64.3 Å². The standard InChI is InChI=1S/C22H23Cl2N3O3/c23-15-1-4-17(5-2-15)30-12-11-26-7-9-27(10-8-26)21(22(28)29)19-14-25-20-13-16(24)3-6-18(19)20/h1-6,13-14,21,25H,7-12H2,(H,28,29)/t21-/m0/s1. The SMILES string of the molecule is O=C(O)[C@H](c1c[nH]c2cc(Cl)ccc12)N1CCN(CCOc2ccc(Cl)cc2)CC1. The molecule has 1 saturated heterocycles. The minimum Gasteiger partial charge on any atom is -0.492 e. The molecule has 30 heavy (non-hydrogen) atoms. The first-order chi connectivity index (χ1) is 14.5. The Morgan fingerprint density at radius 3 is 2.47 bits per heavy atom. The predicted molar refractivity (Wildman–Crippen MR) is 119 cm³/mol. The molecule has 1 aromatic heterocycles. The molecule has 2 N–H and O–H groups in total. The van der Waals surface area contributed by atoms with Gasteiger partial charge in [-0.1, -0.05) is 29.3 Å². The first-order valence-corrected chi connectivity index (χ1v) is 10.6. The second-order valence-corrected chi connectivity index (χ2v) is 8.23. The highest BCUT2D eigenvalue weighted by molar-refractivity contribution is 6.31. The fourth-order valence-corrected chi connectivity index (χ4v) is 4.20. The quantitative estimate of drug-likeness (QED) is 0.564. The van der Waals surface area contributed by atoms with E-state index in [1.54, 1.807) is 24.4 Å². The van der Waals surface area contributed by atoms with Crippen molar-refractivity contribution in [1.82, 2.24) is 14.8 Å². The van der Waals surface area contributed by atoms with Gasteiger partial charge in [-0.15, -0.1) is 0 Å². The number of carbonyl (C=O) groups is 1. The van der Waals surface area contributed by atoms with Gasteiger partial charge in [0.1, 0.15) is 18.4 Å². The Morgan fingerprint density at radius 2 is 1.77 bits per heavy atom. The molecule has 6 nitrogen and oxygen atoms in total. The highest BCUT2D eigenvalue weighted by Crippen LogP contribution is 2.31. The Hall–Kier alpha value is -2.25. The van der Waals surface area contributed by atoms with Gasteiger partial charge in [-0.25, -0.2) is 0 Å². The van der Waals surface area contributed by atoms with Crippen LogP contribution < -0.4 is 4.74 Å². The number of nitrogens with one attached hydrogen (secondary N) is 1. The second kappa shape index (κ2) is 9.27. The van der Waals surface area contributed by atoms with E-state index in [0.29, 0.717) is 29.7 Å². The number of carboxylic acid groups (broad SMARTS) is 1. The number of ether oxygens (including phenoxy) is 1. The average molecular weight is 448 g/mol. The molecule has 0 unspecified atom stereocenters. The highest BCUT2D eigenvalue weighted by atomic mass is 35.5. The number of H-pyrrole nitrogens is 1. The number of rotatable bonds is 7. The number of fused-ring (bicyclic) bond motifs is 1. The molecule has 8 heteroatoms. The van der Waals surface area contributed by atoms with Gasteiger partial charge in [-0.05, 0) is 36.4 Å².